The van der Waals surface area contributed by atoms with Crippen LogP contribution in [0, 0.1) is 0 Å². The lowest BCUT2D eigenvalue weighted by molar-refractivity contribution is 0.598. The number of nitrogens with zero attached hydrogens (tertiary/aromatic N) is 2. The first-order valence-electron chi connectivity index (χ1n) is 8.75. The van der Waals surface area contributed by atoms with E-state index < -0.39 is 10.0 Å². The highest BCUT2D eigenvalue weighted by molar-refractivity contribution is 7.89. The Balaban J connectivity index is 1.89. The van der Waals surface area contributed by atoms with Crippen LogP contribution in [-0.2, 0) is 23.1 Å². The molecule has 0 unspecified atom stereocenters. The first-order chi connectivity index (χ1) is 14.2. The molecule has 0 atom stereocenters. The summed E-state index contributed by atoms with van der Waals surface area (Å²) in [5.74, 6) is 0. The van der Waals surface area contributed by atoms with Gasteiger partial charge in [0.2, 0.25) is 10.0 Å². The molecule has 0 aliphatic carbocycles. The minimum Gasteiger partial charge on any atom is -0.358 e. The van der Waals surface area contributed by atoms with Crippen LogP contribution in [0.4, 0.5) is 5.69 Å². The molecule has 6 nitrogen and oxygen atoms in total. The van der Waals surface area contributed by atoms with Gasteiger partial charge in [0, 0.05) is 34.7 Å². The Morgan fingerprint density at radius 2 is 1.73 bits per heavy atom. The van der Waals surface area contributed by atoms with Gasteiger partial charge in [-0.25, -0.2) is 13.6 Å². The molecule has 0 amide bonds. The molecule has 0 spiro atoms. The van der Waals surface area contributed by atoms with Crippen molar-refractivity contribution in [2.45, 2.75) is 18.0 Å². The summed E-state index contributed by atoms with van der Waals surface area (Å²) in [5, 5.41) is 9.94. The normalized spacial score (nSPS) is 11.2. The van der Waals surface area contributed by atoms with Gasteiger partial charge >= 0.3 is 0 Å². The van der Waals surface area contributed by atoms with Gasteiger partial charge in [0.25, 0.3) is 0 Å². The molecule has 0 saturated heterocycles. The van der Waals surface area contributed by atoms with Crippen LogP contribution in [0.2, 0.25) is 10.0 Å². The topological polar surface area (TPSA) is 88.3 Å². The van der Waals surface area contributed by atoms with E-state index in [-0.39, 0.29) is 4.90 Å². The van der Waals surface area contributed by atoms with Crippen molar-refractivity contribution in [3.05, 3.63) is 88.2 Å². The van der Waals surface area contributed by atoms with Crippen molar-refractivity contribution < 1.29 is 8.42 Å². The van der Waals surface area contributed by atoms with Crippen LogP contribution in [0.1, 0.15) is 11.1 Å². The lowest BCUT2D eigenvalue weighted by Crippen LogP contribution is -2.39. The Morgan fingerprint density at radius 3 is 2.37 bits per heavy atom. The Kier molecular flexibility index (Phi) is 7.27. The maximum Gasteiger partial charge on any atom is 0.238 e. The van der Waals surface area contributed by atoms with E-state index in [4.69, 9.17) is 40.6 Å². The number of primary sulfonamides is 1. The summed E-state index contributed by atoms with van der Waals surface area (Å²) in [6.07, 6.45) is 3.41. The number of aromatic nitrogens is 1. The molecule has 10 heteroatoms. The predicted octanol–water partition coefficient (Wildman–Crippen LogP) is 4.12. The van der Waals surface area contributed by atoms with E-state index in [0.717, 1.165) is 11.1 Å². The number of anilines is 1. The Bertz CT molecular complexity index is 1140. The second-order valence-electron chi connectivity index (χ2n) is 6.37. The summed E-state index contributed by atoms with van der Waals surface area (Å²) in [5.41, 5.74) is 2.45. The van der Waals surface area contributed by atoms with Gasteiger partial charge in [-0.05, 0) is 77.9 Å². The second kappa shape index (κ2) is 9.72. The third-order valence-corrected chi connectivity index (χ3v) is 6.15. The minimum absolute atomic E-state index is 0.0163. The third kappa shape index (κ3) is 5.90. The summed E-state index contributed by atoms with van der Waals surface area (Å²) in [7, 11) is -3.79. The SMILES string of the molecule is NS(=O)(=O)c1ccc(N(Cc2cc(Cl)ccc2Cl)C(=S)NCc2ccncc2)cc1. The third-order valence-electron chi connectivity index (χ3n) is 4.25. The van der Waals surface area contributed by atoms with Gasteiger partial charge in [0.15, 0.2) is 5.11 Å². The highest BCUT2D eigenvalue weighted by atomic mass is 35.5. The van der Waals surface area contributed by atoms with Crippen LogP contribution in [0.25, 0.3) is 0 Å². The van der Waals surface area contributed by atoms with Gasteiger partial charge in [-0.2, -0.15) is 0 Å². The van der Waals surface area contributed by atoms with Gasteiger partial charge in [-0.1, -0.05) is 23.2 Å². The van der Waals surface area contributed by atoms with Crippen molar-refractivity contribution in [2.24, 2.45) is 5.14 Å². The van der Waals surface area contributed by atoms with Gasteiger partial charge < -0.3 is 10.2 Å². The predicted molar refractivity (Wildman–Crippen MR) is 124 cm³/mol. The fraction of sp³-hybridized carbons (Fsp3) is 0.100. The first kappa shape index (κ1) is 22.5. The highest BCUT2D eigenvalue weighted by Gasteiger charge is 2.16. The number of pyridine rings is 1. The van der Waals surface area contributed by atoms with Crippen molar-refractivity contribution in [1.29, 1.82) is 0 Å². The number of sulfonamides is 1. The quantitative estimate of drug-likeness (QED) is 0.515. The molecule has 0 fully saturated rings. The van der Waals surface area contributed by atoms with Crippen LogP contribution in [0.5, 0.6) is 0 Å². The maximum absolute atomic E-state index is 11.6. The van der Waals surface area contributed by atoms with Gasteiger partial charge in [0.1, 0.15) is 0 Å². The Hall–Kier alpha value is -2.23. The van der Waals surface area contributed by atoms with Crippen molar-refractivity contribution >= 4 is 56.2 Å². The number of nitrogens with one attached hydrogen (secondary N) is 1. The standard InChI is InChI=1S/C20H18Cl2N4O2S2/c21-16-1-6-19(22)15(11-16)13-26(17-2-4-18(5-3-17)30(23,27)28)20(29)25-12-14-7-9-24-10-8-14/h1-11H,12-13H2,(H,25,29)(H2,23,27,28). The number of rotatable bonds is 6. The zero-order valence-electron chi connectivity index (χ0n) is 15.6. The molecule has 1 heterocycles. The Labute approximate surface area is 190 Å². The van der Waals surface area contributed by atoms with Crippen LogP contribution < -0.4 is 15.4 Å². The van der Waals surface area contributed by atoms with E-state index in [1.54, 1.807) is 47.6 Å². The molecule has 0 aliphatic heterocycles. The number of hydrogen-bond donors (Lipinski definition) is 2. The van der Waals surface area contributed by atoms with Crippen molar-refractivity contribution in [1.82, 2.24) is 10.3 Å². The molecule has 3 rings (SSSR count). The average Bonchev–Trinajstić information content (AvgIpc) is 2.73. The monoisotopic (exact) mass is 480 g/mol. The summed E-state index contributed by atoms with van der Waals surface area (Å²) in [6.45, 7) is 0.826. The summed E-state index contributed by atoms with van der Waals surface area (Å²) < 4.78 is 23.1. The van der Waals surface area contributed by atoms with Crippen LogP contribution >= 0.6 is 35.4 Å². The molecule has 30 heavy (non-hydrogen) atoms. The van der Waals surface area contributed by atoms with Crippen molar-refractivity contribution in [3.63, 3.8) is 0 Å². The summed E-state index contributed by atoms with van der Waals surface area (Å²) in [6, 6.07) is 15.1. The molecule has 0 radical (unpaired) electrons. The molecule has 0 saturated carbocycles. The number of nitrogens with two attached hydrogens (primary N) is 1. The molecular weight excluding hydrogens is 463 g/mol. The van der Waals surface area contributed by atoms with E-state index >= 15 is 0 Å². The van der Waals surface area contributed by atoms with Gasteiger partial charge in [0.05, 0.1) is 11.4 Å². The molecule has 156 valence electrons. The molecule has 0 aliphatic rings. The van der Waals surface area contributed by atoms with E-state index in [0.29, 0.717) is 33.9 Å². The highest BCUT2D eigenvalue weighted by Crippen LogP contribution is 2.26. The lowest BCUT2D eigenvalue weighted by atomic mass is 10.2. The molecule has 3 N–H and O–H groups in total. The molecule has 0 bridgehead atoms. The van der Waals surface area contributed by atoms with E-state index in [9.17, 15) is 8.42 Å². The lowest BCUT2D eigenvalue weighted by Gasteiger charge is -2.27. The number of hydrogen-bond acceptors (Lipinski definition) is 4. The maximum atomic E-state index is 11.6. The average molecular weight is 481 g/mol. The fourth-order valence-electron chi connectivity index (χ4n) is 2.70. The largest absolute Gasteiger partial charge is 0.358 e. The molecule has 3 aromatic rings. The Morgan fingerprint density at radius 1 is 1.07 bits per heavy atom. The fourth-order valence-corrected chi connectivity index (χ4v) is 3.83. The van der Waals surface area contributed by atoms with Crippen LogP contribution in [0.15, 0.2) is 71.9 Å². The van der Waals surface area contributed by atoms with Crippen molar-refractivity contribution in [2.75, 3.05) is 4.90 Å². The minimum atomic E-state index is -3.79. The molecular formula is C20H18Cl2N4O2S2. The van der Waals surface area contributed by atoms with Crippen LogP contribution in [0.3, 0.4) is 0 Å². The summed E-state index contributed by atoms with van der Waals surface area (Å²) in [4.78, 5) is 5.82. The van der Waals surface area contributed by atoms with Gasteiger partial charge in [-0.3, -0.25) is 4.98 Å². The number of halogens is 2. The zero-order valence-corrected chi connectivity index (χ0v) is 18.8. The second-order valence-corrected chi connectivity index (χ2v) is 9.17. The zero-order chi connectivity index (χ0) is 21.7. The smallest absolute Gasteiger partial charge is 0.238 e. The number of thiocarbonyl (C=S) groups is 1. The van der Waals surface area contributed by atoms with E-state index in [2.05, 4.69) is 10.3 Å². The molecule has 2 aromatic carbocycles. The van der Waals surface area contributed by atoms with E-state index in [1.807, 2.05) is 12.1 Å². The van der Waals surface area contributed by atoms with Crippen LogP contribution in [-0.4, -0.2) is 18.5 Å². The number of benzene rings is 2. The molecule has 1 aromatic heterocycles. The first-order valence-corrected chi connectivity index (χ1v) is 11.5. The summed E-state index contributed by atoms with van der Waals surface area (Å²) >= 11 is 18.1. The van der Waals surface area contributed by atoms with Gasteiger partial charge in [-0.15, -0.1) is 0 Å². The van der Waals surface area contributed by atoms with E-state index in [1.165, 1.54) is 12.1 Å². The van der Waals surface area contributed by atoms with Crippen molar-refractivity contribution in [3.8, 4) is 0 Å².